The lowest BCUT2D eigenvalue weighted by molar-refractivity contribution is -0.142. The van der Waals surface area contributed by atoms with Crippen LogP contribution in [-0.4, -0.2) is 12.1 Å². The molecule has 1 atom stereocenters. The molecule has 0 fully saturated rings. The van der Waals surface area contributed by atoms with Gasteiger partial charge in [-0.1, -0.05) is 43.3 Å². The molecule has 78 valence electrons. The van der Waals surface area contributed by atoms with Gasteiger partial charge in [-0.25, -0.2) is 4.79 Å². The monoisotopic (exact) mass is 202 g/mol. The van der Waals surface area contributed by atoms with E-state index in [9.17, 15) is 4.79 Å². The number of hydrogen-bond acceptors (Lipinski definition) is 2. The van der Waals surface area contributed by atoms with Gasteiger partial charge < -0.3 is 4.74 Å². The molecule has 2 nitrogen and oxygen atoms in total. The Labute approximate surface area is 89.6 Å². The molecule has 1 aromatic carbocycles. The number of hydrogen-bond donors (Lipinski definition) is 0. The van der Waals surface area contributed by atoms with Crippen molar-refractivity contribution >= 4 is 11.5 Å². The summed E-state index contributed by atoms with van der Waals surface area (Å²) in [6.07, 6.45) is 3.75. The molecule has 1 heterocycles. The number of esters is 1. The SMILES string of the molecule is CCC1CC=C(c2ccccc2)C(=O)O1. The third-order valence-corrected chi connectivity index (χ3v) is 2.62. The smallest absolute Gasteiger partial charge is 0.338 e. The highest BCUT2D eigenvalue weighted by atomic mass is 16.5. The molecule has 1 aliphatic heterocycles. The number of cyclic esters (lactones) is 1. The van der Waals surface area contributed by atoms with Crippen LogP contribution in [0, 0.1) is 0 Å². The largest absolute Gasteiger partial charge is 0.458 e. The molecule has 1 unspecified atom stereocenters. The van der Waals surface area contributed by atoms with E-state index in [2.05, 4.69) is 0 Å². The molecule has 2 rings (SSSR count). The van der Waals surface area contributed by atoms with Crippen LogP contribution in [0.3, 0.4) is 0 Å². The number of rotatable bonds is 2. The number of ether oxygens (including phenoxy) is 1. The Balaban J connectivity index is 2.24. The van der Waals surface area contributed by atoms with Crippen molar-refractivity contribution in [1.29, 1.82) is 0 Å². The van der Waals surface area contributed by atoms with Gasteiger partial charge in [-0.2, -0.15) is 0 Å². The zero-order valence-electron chi connectivity index (χ0n) is 8.77. The van der Waals surface area contributed by atoms with E-state index in [0.717, 1.165) is 18.4 Å². The fourth-order valence-electron chi connectivity index (χ4n) is 1.70. The Kier molecular flexibility index (Phi) is 2.86. The summed E-state index contributed by atoms with van der Waals surface area (Å²) in [6, 6.07) is 9.65. The fraction of sp³-hybridized carbons (Fsp3) is 0.308. The van der Waals surface area contributed by atoms with Crippen molar-refractivity contribution in [1.82, 2.24) is 0 Å². The summed E-state index contributed by atoms with van der Waals surface area (Å²) in [4.78, 5) is 11.7. The summed E-state index contributed by atoms with van der Waals surface area (Å²) >= 11 is 0. The van der Waals surface area contributed by atoms with Crippen molar-refractivity contribution in [3.8, 4) is 0 Å². The minimum Gasteiger partial charge on any atom is -0.458 e. The van der Waals surface area contributed by atoms with Gasteiger partial charge in [0.2, 0.25) is 0 Å². The molecule has 0 aliphatic carbocycles. The molecular weight excluding hydrogens is 188 g/mol. The van der Waals surface area contributed by atoms with E-state index < -0.39 is 0 Å². The van der Waals surface area contributed by atoms with E-state index in [1.807, 2.05) is 43.3 Å². The Morgan fingerprint density at radius 1 is 1.33 bits per heavy atom. The first kappa shape index (κ1) is 9.97. The van der Waals surface area contributed by atoms with Crippen LogP contribution in [0.15, 0.2) is 36.4 Å². The van der Waals surface area contributed by atoms with Gasteiger partial charge in [0.1, 0.15) is 6.10 Å². The van der Waals surface area contributed by atoms with Crippen molar-refractivity contribution in [3.63, 3.8) is 0 Å². The van der Waals surface area contributed by atoms with Gasteiger partial charge in [0.25, 0.3) is 0 Å². The van der Waals surface area contributed by atoms with E-state index in [4.69, 9.17) is 4.74 Å². The molecule has 0 bridgehead atoms. The molecule has 0 amide bonds. The standard InChI is InChI=1S/C13H14O2/c1-2-11-8-9-12(13(14)15-11)10-6-4-3-5-7-10/h3-7,9,11H,2,8H2,1H3. The summed E-state index contributed by atoms with van der Waals surface area (Å²) in [5, 5.41) is 0. The second-order valence-electron chi connectivity index (χ2n) is 3.66. The third-order valence-electron chi connectivity index (χ3n) is 2.62. The van der Waals surface area contributed by atoms with Gasteiger partial charge in [-0.05, 0) is 12.0 Å². The highest BCUT2D eigenvalue weighted by Crippen LogP contribution is 2.23. The Hall–Kier alpha value is -1.57. The van der Waals surface area contributed by atoms with E-state index in [-0.39, 0.29) is 12.1 Å². The number of carbonyl (C=O) groups excluding carboxylic acids is 1. The molecule has 0 saturated heterocycles. The predicted molar refractivity (Wildman–Crippen MR) is 59.2 cm³/mol. The lowest BCUT2D eigenvalue weighted by Gasteiger charge is -2.21. The van der Waals surface area contributed by atoms with Crippen molar-refractivity contribution in [2.75, 3.05) is 0 Å². The van der Waals surface area contributed by atoms with Gasteiger partial charge in [-0.3, -0.25) is 0 Å². The molecule has 1 aliphatic rings. The Morgan fingerprint density at radius 2 is 2.07 bits per heavy atom. The zero-order chi connectivity index (χ0) is 10.7. The van der Waals surface area contributed by atoms with Crippen LogP contribution in [-0.2, 0) is 9.53 Å². The van der Waals surface area contributed by atoms with Crippen molar-refractivity contribution in [2.24, 2.45) is 0 Å². The average Bonchev–Trinajstić information content (AvgIpc) is 2.30. The molecule has 0 N–H and O–H groups in total. The summed E-state index contributed by atoms with van der Waals surface area (Å²) < 4.78 is 5.30. The van der Waals surface area contributed by atoms with Gasteiger partial charge in [0, 0.05) is 6.42 Å². The van der Waals surface area contributed by atoms with E-state index in [1.54, 1.807) is 0 Å². The second kappa shape index (κ2) is 4.30. The maximum absolute atomic E-state index is 11.7. The average molecular weight is 202 g/mol. The first-order valence-corrected chi connectivity index (χ1v) is 5.28. The maximum Gasteiger partial charge on any atom is 0.338 e. The molecule has 0 radical (unpaired) electrons. The van der Waals surface area contributed by atoms with Crippen LogP contribution in [0.4, 0.5) is 0 Å². The molecule has 0 saturated carbocycles. The van der Waals surface area contributed by atoms with Crippen molar-refractivity contribution in [2.45, 2.75) is 25.9 Å². The van der Waals surface area contributed by atoms with Gasteiger partial charge in [0.05, 0.1) is 5.57 Å². The number of carbonyl (C=O) groups is 1. The molecule has 2 heteroatoms. The topological polar surface area (TPSA) is 26.3 Å². The number of benzene rings is 1. The summed E-state index contributed by atoms with van der Waals surface area (Å²) in [7, 11) is 0. The Bertz CT molecular complexity index is 379. The first-order valence-electron chi connectivity index (χ1n) is 5.28. The van der Waals surface area contributed by atoms with E-state index in [0.29, 0.717) is 5.57 Å². The quantitative estimate of drug-likeness (QED) is 0.689. The first-order chi connectivity index (χ1) is 7.31. The minimum absolute atomic E-state index is 0.0602. The summed E-state index contributed by atoms with van der Waals surface area (Å²) in [5.41, 5.74) is 1.64. The third kappa shape index (κ3) is 2.09. The van der Waals surface area contributed by atoms with Crippen LogP contribution < -0.4 is 0 Å². The van der Waals surface area contributed by atoms with Crippen LogP contribution in [0.25, 0.3) is 5.57 Å². The fourth-order valence-corrected chi connectivity index (χ4v) is 1.70. The van der Waals surface area contributed by atoms with E-state index >= 15 is 0 Å². The van der Waals surface area contributed by atoms with Crippen LogP contribution in [0.5, 0.6) is 0 Å². The predicted octanol–water partition coefficient (Wildman–Crippen LogP) is 2.80. The zero-order valence-corrected chi connectivity index (χ0v) is 8.77. The van der Waals surface area contributed by atoms with Gasteiger partial charge >= 0.3 is 5.97 Å². The van der Waals surface area contributed by atoms with Crippen LogP contribution in [0.2, 0.25) is 0 Å². The van der Waals surface area contributed by atoms with Crippen molar-refractivity contribution in [3.05, 3.63) is 42.0 Å². The van der Waals surface area contributed by atoms with Crippen LogP contribution in [0.1, 0.15) is 25.3 Å². The molecule has 0 aromatic heterocycles. The molecule has 15 heavy (non-hydrogen) atoms. The van der Waals surface area contributed by atoms with E-state index in [1.165, 1.54) is 0 Å². The highest BCUT2D eigenvalue weighted by Gasteiger charge is 2.22. The van der Waals surface area contributed by atoms with Crippen molar-refractivity contribution < 1.29 is 9.53 Å². The van der Waals surface area contributed by atoms with Crippen LogP contribution >= 0.6 is 0 Å². The molecular formula is C13H14O2. The maximum atomic E-state index is 11.7. The Morgan fingerprint density at radius 3 is 2.67 bits per heavy atom. The summed E-state index contributed by atoms with van der Waals surface area (Å²) in [6.45, 7) is 2.03. The van der Waals surface area contributed by atoms with Gasteiger partial charge in [0.15, 0.2) is 0 Å². The lowest BCUT2D eigenvalue weighted by Crippen LogP contribution is -2.22. The normalized spacial score (nSPS) is 20.7. The highest BCUT2D eigenvalue weighted by molar-refractivity contribution is 6.17. The summed E-state index contributed by atoms with van der Waals surface area (Å²) in [5.74, 6) is -0.195. The molecule has 1 aromatic rings. The second-order valence-corrected chi connectivity index (χ2v) is 3.66. The lowest BCUT2D eigenvalue weighted by atomic mass is 10.0. The minimum atomic E-state index is -0.195. The molecule has 0 spiro atoms. The van der Waals surface area contributed by atoms with Gasteiger partial charge in [-0.15, -0.1) is 0 Å².